The molecule has 0 radical (unpaired) electrons. The number of benzene rings is 1. The Morgan fingerprint density at radius 2 is 2.21 bits per heavy atom. The molecule has 3 nitrogen and oxygen atoms in total. The van der Waals surface area contributed by atoms with Crippen LogP contribution in [0.1, 0.15) is 6.92 Å². The Kier molecular flexibility index (Phi) is 2.50. The number of para-hydroxylation sites is 2. The van der Waals surface area contributed by atoms with E-state index < -0.39 is 0 Å². The number of aliphatic imine (C=N–C) groups is 1. The van der Waals surface area contributed by atoms with Crippen LogP contribution >= 0.6 is 0 Å². The Bertz CT molecular complexity index is 349. The largest absolute Gasteiger partial charge is 0.353 e. The molecule has 0 saturated carbocycles. The number of hydrogen-bond acceptors (Lipinski definition) is 3. The second kappa shape index (κ2) is 3.80. The molecule has 3 heteroatoms. The zero-order valence-corrected chi connectivity index (χ0v) is 8.47. The Morgan fingerprint density at radius 1 is 1.43 bits per heavy atom. The van der Waals surface area contributed by atoms with Crippen molar-refractivity contribution >= 4 is 17.6 Å². The number of ether oxygens (including phenoxy) is 1. The average Bonchev–Trinajstić information content (AvgIpc) is 2.23. The van der Waals surface area contributed by atoms with Crippen LogP contribution in [0.2, 0.25) is 0 Å². The van der Waals surface area contributed by atoms with Gasteiger partial charge in [-0.25, -0.2) is 0 Å². The molecule has 1 unspecified atom stereocenters. The van der Waals surface area contributed by atoms with Crippen LogP contribution in [0.15, 0.2) is 29.3 Å². The zero-order chi connectivity index (χ0) is 9.97. The van der Waals surface area contributed by atoms with Crippen molar-refractivity contribution in [1.82, 2.24) is 0 Å². The van der Waals surface area contributed by atoms with E-state index in [-0.39, 0.29) is 6.23 Å². The first-order valence-corrected chi connectivity index (χ1v) is 4.80. The minimum Gasteiger partial charge on any atom is -0.353 e. The summed E-state index contributed by atoms with van der Waals surface area (Å²) in [5.74, 6) is 0. The molecule has 74 valence electrons. The number of nitrogens with zero attached hydrogens (tertiary/aromatic N) is 2. The third kappa shape index (κ3) is 1.51. The molecular formula is C11H14N2O. The summed E-state index contributed by atoms with van der Waals surface area (Å²) in [6.07, 6.45) is 1.81. The predicted molar refractivity (Wildman–Crippen MR) is 58.4 cm³/mol. The normalized spacial score (nSPS) is 19.6. The quantitative estimate of drug-likeness (QED) is 0.714. The summed E-state index contributed by atoms with van der Waals surface area (Å²) < 4.78 is 5.53. The molecule has 0 bridgehead atoms. The maximum atomic E-state index is 5.53. The molecule has 0 spiro atoms. The molecular weight excluding hydrogens is 176 g/mol. The lowest BCUT2D eigenvalue weighted by Gasteiger charge is -2.30. The van der Waals surface area contributed by atoms with E-state index in [1.807, 2.05) is 38.4 Å². The number of fused-ring (bicyclic) bond motifs is 1. The Hall–Kier alpha value is -1.35. The van der Waals surface area contributed by atoms with Crippen molar-refractivity contribution in [3.63, 3.8) is 0 Å². The Morgan fingerprint density at radius 3 is 3.00 bits per heavy atom. The summed E-state index contributed by atoms with van der Waals surface area (Å²) in [6, 6.07) is 8.06. The maximum absolute atomic E-state index is 5.53. The summed E-state index contributed by atoms with van der Waals surface area (Å²) in [7, 11) is 2.02. The lowest BCUT2D eigenvalue weighted by atomic mass is 10.2. The van der Waals surface area contributed by atoms with Gasteiger partial charge in [-0.15, -0.1) is 0 Å². The fraction of sp³-hybridized carbons (Fsp3) is 0.364. The molecule has 0 aliphatic carbocycles. The first kappa shape index (κ1) is 9.21. The highest BCUT2D eigenvalue weighted by Crippen LogP contribution is 2.31. The van der Waals surface area contributed by atoms with Gasteiger partial charge in [-0.1, -0.05) is 12.1 Å². The molecule has 0 saturated heterocycles. The van der Waals surface area contributed by atoms with Crippen LogP contribution in [0.4, 0.5) is 11.4 Å². The minimum absolute atomic E-state index is 0.0325. The summed E-state index contributed by atoms with van der Waals surface area (Å²) in [5.41, 5.74) is 2.12. The molecule has 0 N–H and O–H groups in total. The highest BCUT2D eigenvalue weighted by atomic mass is 16.5. The van der Waals surface area contributed by atoms with Gasteiger partial charge in [0.1, 0.15) is 0 Å². The van der Waals surface area contributed by atoms with Gasteiger partial charge in [0.15, 0.2) is 6.23 Å². The van der Waals surface area contributed by atoms with E-state index in [0.29, 0.717) is 6.61 Å². The van der Waals surface area contributed by atoms with E-state index in [2.05, 4.69) is 16.0 Å². The first-order valence-electron chi connectivity index (χ1n) is 4.80. The van der Waals surface area contributed by atoms with Crippen molar-refractivity contribution in [3.8, 4) is 0 Å². The van der Waals surface area contributed by atoms with Crippen molar-refractivity contribution in [3.05, 3.63) is 24.3 Å². The van der Waals surface area contributed by atoms with E-state index in [0.717, 1.165) is 11.4 Å². The predicted octanol–water partition coefficient (Wildman–Crippen LogP) is 2.20. The van der Waals surface area contributed by atoms with Crippen LogP contribution in [-0.4, -0.2) is 26.1 Å². The molecule has 1 aliphatic heterocycles. The van der Waals surface area contributed by atoms with Crippen molar-refractivity contribution in [2.24, 2.45) is 4.99 Å². The summed E-state index contributed by atoms with van der Waals surface area (Å²) >= 11 is 0. The van der Waals surface area contributed by atoms with Gasteiger partial charge in [0.2, 0.25) is 0 Å². The topological polar surface area (TPSA) is 24.8 Å². The molecule has 1 atom stereocenters. The Labute approximate surface area is 84.0 Å². The third-order valence-corrected chi connectivity index (χ3v) is 2.32. The molecule has 2 rings (SSSR count). The van der Waals surface area contributed by atoms with Gasteiger partial charge in [-0.3, -0.25) is 4.99 Å². The number of rotatable bonds is 2. The van der Waals surface area contributed by atoms with Gasteiger partial charge >= 0.3 is 0 Å². The SMILES string of the molecule is CCOC1C=Nc2ccccc2N1C. The molecule has 0 aromatic heterocycles. The van der Waals surface area contributed by atoms with Crippen LogP contribution in [0.25, 0.3) is 0 Å². The van der Waals surface area contributed by atoms with Gasteiger partial charge in [0.05, 0.1) is 17.6 Å². The van der Waals surface area contributed by atoms with Crippen LogP contribution in [0.3, 0.4) is 0 Å². The van der Waals surface area contributed by atoms with E-state index >= 15 is 0 Å². The number of hydrogen-bond donors (Lipinski definition) is 0. The van der Waals surface area contributed by atoms with Crippen LogP contribution in [0, 0.1) is 0 Å². The highest BCUT2D eigenvalue weighted by Gasteiger charge is 2.19. The van der Waals surface area contributed by atoms with E-state index in [1.54, 1.807) is 0 Å². The van der Waals surface area contributed by atoms with E-state index in [9.17, 15) is 0 Å². The standard InChI is InChI=1S/C11H14N2O/c1-3-14-11-8-12-9-6-4-5-7-10(9)13(11)2/h4-8,11H,3H2,1-2H3. The molecule has 0 fully saturated rings. The second-order valence-corrected chi connectivity index (χ2v) is 3.22. The van der Waals surface area contributed by atoms with Crippen LogP contribution < -0.4 is 4.90 Å². The number of anilines is 1. The average molecular weight is 190 g/mol. The van der Waals surface area contributed by atoms with E-state index in [1.165, 1.54) is 0 Å². The van der Waals surface area contributed by atoms with Gasteiger partial charge in [0.25, 0.3) is 0 Å². The third-order valence-electron chi connectivity index (χ3n) is 2.32. The second-order valence-electron chi connectivity index (χ2n) is 3.22. The minimum atomic E-state index is -0.0325. The van der Waals surface area contributed by atoms with E-state index in [4.69, 9.17) is 4.74 Å². The van der Waals surface area contributed by atoms with Crippen molar-refractivity contribution in [2.75, 3.05) is 18.6 Å². The maximum Gasteiger partial charge on any atom is 0.166 e. The van der Waals surface area contributed by atoms with Crippen molar-refractivity contribution < 1.29 is 4.74 Å². The lowest BCUT2D eigenvalue weighted by Crippen LogP contribution is -2.37. The van der Waals surface area contributed by atoms with Crippen molar-refractivity contribution in [2.45, 2.75) is 13.2 Å². The Balaban J connectivity index is 2.30. The van der Waals surface area contributed by atoms with Gasteiger partial charge in [-0.05, 0) is 19.1 Å². The van der Waals surface area contributed by atoms with Gasteiger partial charge < -0.3 is 9.64 Å². The summed E-state index contributed by atoms with van der Waals surface area (Å²) in [6.45, 7) is 2.69. The molecule has 1 aromatic rings. The fourth-order valence-corrected chi connectivity index (χ4v) is 1.58. The van der Waals surface area contributed by atoms with Gasteiger partial charge in [0, 0.05) is 13.7 Å². The molecule has 0 amide bonds. The summed E-state index contributed by atoms with van der Waals surface area (Å²) in [5, 5.41) is 0. The first-order chi connectivity index (χ1) is 6.83. The molecule has 1 aliphatic rings. The lowest BCUT2D eigenvalue weighted by molar-refractivity contribution is 0.113. The molecule has 1 heterocycles. The molecule has 1 aromatic carbocycles. The highest BCUT2D eigenvalue weighted by molar-refractivity contribution is 5.82. The van der Waals surface area contributed by atoms with Gasteiger partial charge in [-0.2, -0.15) is 0 Å². The van der Waals surface area contributed by atoms with Crippen LogP contribution in [-0.2, 0) is 4.74 Å². The molecule has 14 heavy (non-hydrogen) atoms. The van der Waals surface area contributed by atoms with Crippen LogP contribution in [0.5, 0.6) is 0 Å². The fourth-order valence-electron chi connectivity index (χ4n) is 1.58. The zero-order valence-electron chi connectivity index (χ0n) is 8.47. The van der Waals surface area contributed by atoms with Crippen molar-refractivity contribution in [1.29, 1.82) is 0 Å². The summed E-state index contributed by atoms with van der Waals surface area (Å²) in [4.78, 5) is 6.44. The smallest absolute Gasteiger partial charge is 0.166 e. The monoisotopic (exact) mass is 190 g/mol.